The third-order valence-electron chi connectivity index (χ3n) is 6.88. The Morgan fingerprint density at radius 3 is 2.75 bits per heavy atom. The summed E-state index contributed by atoms with van der Waals surface area (Å²) >= 11 is 6.32. The lowest BCUT2D eigenvalue weighted by atomic mass is 9.76. The fourth-order valence-corrected chi connectivity index (χ4v) is 5.50. The first-order valence-corrected chi connectivity index (χ1v) is 11.6. The maximum atomic E-state index is 12.8. The number of hydrogen-bond donors (Lipinski definition) is 0. The van der Waals surface area contributed by atoms with Gasteiger partial charge >= 0.3 is 0 Å². The molecule has 3 heterocycles. The van der Waals surface area contributed by atoms with Gasteiger partial charge in [-0.2, -0.15) is 4.73 Å². The number of aromatic nitrogens is 2. The summed E-state index contributed by atoms with van der Waals surface area (Å²) in [6.45, 7) is 1.46. The second-order valence-corrected chi connectivity index (χ2v) is 9.27. The van der Waals surface area contributed by atoms with Crippen LogP contribution < -0.4 is 4.73 Å². The molecule has 0 radical (unpaired) electrons. The first-order valence-electron chi connectivity index (χ1n) is 11.3. The number of benzene rings is 1. The van der Waals surface area contributed by atoms with Crippen LogP contribution in [-0.4, -0.2) is 28.9 Å². The third kappa shape index (κ3) is 4.22. The molecule has 5 nitrogen and oxygen atoms in total. The maximum Gasteiger partial charge on any atom is 0.227 e. The van der Waals surface area contributed by atoms with Gasteiger partial charge in [0, 0.05) is 41.9 Å². The van der Waals surface area contributed by atoms with Crippen LogP contribution in [0.25, 0.3) is 0 Å². The van der Waals surface area contributed by atoms with Gasteiger partial charge in [-0.3, -0.25) is 9.78 Å². The Morgan fingerprint density at radius 2 is 1.94 bits per heavy atom. The van der Waals surface area contributed by atoms with Gasteiger partial charge in [-0.15, -0.1) is 0 Å². The minimum Gasteiger partial charge on any atom is -0.619 e. The molecule has 6 heteroatoms. The summed E-state index contributed by atoms with van der Waals surface area (Å²) in [6, 6.07) is 14.0. The van der Waals surface area contributed by atoms with Crippen molar-refractivity contribution in [3.63, 3.8) is 0 Å². The standard InChI is InChI=1S/C26H26ClN3O2/c27-22-7-8-23-21(16-22)6-5-20-4-1-11-28-26(20)25(23)19-9-13-29(14-10-19)24(31)15-18-3-2-12-30(32)17-18/h1-4,7-8,11-12,16-17,19,25H,5-6,9-10,13-15H2. The monoisotopic (exact) mass is 447 g/mol. The van der Waals surface area contributed by atoms with Crippen molar-refractivity contribution in [3.05, 3.63) is 99.2 Å². The second kappa shape index (κ2) is 8.91. The second-order valence-electron chi connectivity index (χ2n) is 8.84. The van der Waals surface area contributed by atoms with Crippen molar-refractivity contribution in [3.8, 4) is 0 Å². The fourth-order valence-electron chi connectivity index (χ4n) is 5.30. The van der Waals surface area contributed by atoms with Gasteiger partial charge in [0.1, 0.15) is 0 Å². The van der Waals surface area contributed by atoms with E-state index in [0.29, 0.717) is 5.92 Å². The summed E-state index contributed by atoms with van der Waals surface area (Å²) in [5.41, 5.74) is 5.90. The number of piperidine rings is 1. The number of aryl methyl sites for hydroxylation is 2. The number of carbonyl (C=O) groups is 1. The van der Waals surface area contributed by atoms with Crippen LogP contribution in [0.1, 0.15) is 46.7 Å². The van der Waals surface area contributed by atoms with Crippen LogP contribution in [0.5, 0.6) is 0 Å². The molecular weight excluding hydrogens is 422 g/mol. The van der Waals surface area contributed by atoms with E-state index in [9.17, 15) is 10.0 Å². The van der Waals surface area contributed by atoms with Crippen LogP contribution in [0, 0.1) is 11.1 Å². The lowest BCUT2D eigenvalue weighted by Gasteiger charge is -2.36. The summed E-state index contributed by atoms with van der Waals surface area (Å²) in [6.07, 6.45) is 8.89. The molecule has 1 aliphatic heterocycles. The number of carbonyl (C=O) groups excluding carboxylic acids is 1. The van der Waals surface area contributed by atoms with Gasteiger partial charge < -0.3 is 10.1 Å². The smallest absolute Gasteiger partial charge is 0.227 e. The average Bonchev–Trinajstić information content (AvgIpc) is 2.96. The van der Waals surface area contributed by atoms with Gasteiger partial charge in [0.25, 0.3) is 0 Å². The van der Waals surface area contributed by atoms with Crippen LogP contribution in [0.15, 0.2) is 61.1 Å². The molecular formula is C26H26ClN3O2. The molecule has 2 aliphatic rings. The number of likely N-dealkylation sites (tertiary alicyclic amines) is 1. The lowest BCUT2D eigenvalue weighted by molar-refractivity contribution is -0.605. The maximum absolute atomic E-state index is 12.8. The summed E-state index contributed by atoms with van der Waals surface area (Å²) in [7, 11) is 0. The summed E-state index contributed by atoms with van der Waals surface area (Å²) in [5, 5.41) is 12.3. The van der Waals surface area contributed by atoms with Gasteiger partial charge in [-0.05, 0) is 72.6 Å². The molecule has 1 atom stereocenters. The van der Waals surface area contributed by atoms with Gasteiger partial charge in [0.2, 0.25) is 5.91 Å². The summed E-state index contributed by atoms with van der Waals surface area (Å²) in [5.74, 6) is 0.735. The van der Waals surface area contributed by atoms with E-state index in [0.717, 1.165) is 54.1 Å². The topological polar surface area (TPSA) is 60.1 Å². The normalized spacial score (nSPS) is 18.5. The molecule has 5 rings (SSSR count). The predicted molar refractivity (Wildman–Crippen MR) is 123 cm³/mol. The van der Waals surface area contributed by atoms with Crippen LogP contribution >= 0.6 is 11.6 Å². The Hall–Kier alpha value is -2.92. The minimum absolute atomic E-state index is 0.0845. The van der Waals surface area contributed by atoms with Crippen LogP contribution in [-0.2, 0) is 24.1 Å². The molecule has 1 aliphatic carbocycles. The molecule has 2 aromatic heterocycles. The quantitative estimate of drug-likeness (QED) is 0.449. The van der Waals surface area contributed by atoms with Crippen molar-refractivity contribution < 1.29 is 9.52 Å². The highest BCUT2D eigenvalue weighted by atomic mass is 35.5. The Labute approximate surface area is 193 Å². The molecule has 1 saturated heterocycles. The van der Waals surface area contributed by atoms with E-state index in [4.69, 9.17) is 16.6 Å². The Balaban J connectivity index is 1.36. The Bertz CT molecular complexity index is 1140. The number of fused-ring (bicyclic) bond motifs is 2. The number of pyridine rings is 2. The number of hydrogen-bond acceptors (Lipinski definition) is 3. The van der Waals surface area contributed by atoms with Crippen molar-refractivity contribution in [1.29, 1.82) is 0 Å². The van der Waals surface area contributed by atoms with E-state index in [1.165, 1.54) is 34.8 Å². The number of amides is 1. The molecule has 164 valence electrons. The first-order chi connectivity index (χ1) is 15.6. The fraction of sp³-hybridized carbons (Fsp3) is 0.346. The zero-order chi connectivity index (χ0) is 22.1. The lowest BCUT2D eigenvalue weighted by Crippen LogP contribution is -2.41. The molecule has 0 saturated carbocycles. The number of rotatable bonds is 3. The van der Waals surface area contributed by atoms with Crippen LogP contribution in [0.3, 0.4) is 0 Å². The van der Waals surface area contributed by atoms with E-state index >= 15 is 0 Å². The molecule has 3 aromatic rings. The molecule has 1 aromatic carbocycles. The van der Waals surface area contributed by atoms with E-state index in [-0.39, 0.29) is 18.2 Å². The van der Waals surface area contributed by atoms with Crippen LogP contribution in [0.4, 0.5) is 0 Å². The van der Waals surface area contributed by atoms with Crippen molar-refractivity contribution >= 4 is 17.5 Å². The Morgan fingerprint density at radius 1 is 1.12 bits per heavy atom. The number of halogens is 1. The van der Waals surface area contributed by atoms with Crippen molar-refractivity contribution in [2.75, 3.05) is 13.1 Å². The summed E-state index contributed by atoms with van der Waals surface area (Å²) in [4.78, 5) is 19.6. The first kappa shape index (κ1) is 21.0. The van der Waals surface area contributed by atoms with E-state index in [1.807, 2.05) is 29.3 Å². The molecule has 0 bridgehead atoms. The molecule has 0 spiro atoms. The highest BCUT2D eigenvalue weighted by Gasteiger charge is 2.34. The molecule has 1 unspecified atom stereocenters. The largest absolute Gasteiger partial charge is 0.619 e. The summed E-state index contributed by atoms with van der Waals surface area (Å²) < 4.78 is 0.745. The van der Waals surface area contributed by atoms with Crippen molar-refractivity contribution in [2.45, 2.75) is 38.0 Å². The molecule has 1 fully saturated rings. The molecule has 32 heavy (non-hydrogen) atoms. The van der Waals surface area contributed by atoms with Crippen molar-refractivity contribution in [2.24, 2.45) is 5.92 Å². The van der Waals surface area contributed by atoms with E-state index in [1.54, 1.807) is 6.07 Å². The predicted octanol–water partition coefficient (Wildman–Crippen LogP) is 4.08. The van der Waals surface area contributed by atoms with Crippen LogP contribution in [0.2, 0.25) is 5.02 Å². The highest BCUT2D eigenvalue weighted by molar-refractivity contribution is 6.30. The molecule has 1 amide bonds. The zero-order valence-electron chi connectivity index (χ0n) is 17.9. The minimum atomic E-state index is 0.0845. The molecule has 0 N–H and O–H groups in total. The van der Waals surface area contributed by atoms with Gasteiger partial charge in [-0.25, -0.2) is 0 Å². The zero-order valence-corrected chi connectivity index (χ0v) is 18.7. The third-order valence-corrected chi connectivity index (χ3v) is 7.11. The average molecular weight is 448 g/mol. The van der Waals surface area contributed by atoms with E-state index in [2.05, 4.69) is 18.2 Å². The Kier molecular flexibility index (Phi) is 5.83. The van der Waals surface area contributed by atoms with E-state index < -0.39 is 0 Å². The van der Waals surface area contributed by atoms with Gasteiger partial charge in [0.15, 0.2) is 12.4 Å². The SMILES string of the molecule is O=C(Cc1ccc[n+]([O-])c1)N1CCC(C2c3ccc(Cl)cc3CCc3cccnc32)CC1. The van der Waals surface area contributed by atoms with Gasteiger partial charge in [0.05, 0.1) is 12.1 Å². The highest BCUT2D eigenvalue weighted by Crippen LogP contribution is 2.42. The number of nitrogens with zero attached hydrogens (tertiary/aromatic N) is 3. The van der Waals surface area contributed by atoms with Gasteiger partial charge in [-0.1, -0.05) is 23.7 Å². The van der Waals surface area contributed by atoms with Crippen molar-refractivity contribution in [1.82, 2.24) is 9.88 Å².